The first-order chi connectivity index (χ1) is 10.4. The van der Waals surface area contributed by atoms with Gasteiger partial charge in [-0.25, -0.2) is 4.98 Å². The number of rotatable bonds is 3. The second-order valence-electron chi connectivity index (χ2n) is 5.79. The predicted molar refractivity (Wildman–Crippen MR) is 85.2 cm³/mol. The van der Waals surface area contributed by atoms with Crippen LogP contribution >= 0.6 is 0 Å². The highest BCUT2D eigenvalue weighted by Crippen LogP contribution is 2.21. The molecule has 2 aromatic carbocycles. The number of aryl methyl sites for hydroxylation is 1. The van der Waals surface area contributed by atoms with E-state index in [2.05, 4.69) is 45.6 Å². The molecule has 0 fully saturated rings. The Kier molecular flexibility index (Phi) is 3.20. The van der Waals surface area contributed by atoms with Gasteiger partial charge in [0.15, 0.2) is 0 Å². The molecule has 21 heavy (non-hydrogen) atoms. The van der Waals surface area contributed by atoms with Gasteiger partial charge in [0.2, 0.25) is 0 Å². The van der Waals surface area contributed by atoms with E-state index in [-0.39, 0.29) is 0 Å². The van der Waals surface area contributed by atoms with Gasteiger partial charge in [-0.15, -0.1) is 0 Å². The molecule has 1 aliphatic rings. The number of para-hydroxylation sites is 2. The quantitative estimate of drug-likeness (QED) is 0.772. The molecule has 0 aliphatic heterocycles. The van der Waals surface area contributed by atoms with E-state index in [9.17, 15) is 0 Å². The number of fused-ring (bicyclic) bond motifs is 2. The van der Waals surface area contributed by atoms with Crippen LogP contribution in [0.2, 0.25) is 0 Å². The normalized spacial score (nSPS) is 17.8. The first-order valence-corrected chi connectivity index (χ1v) is 7.62. The Labute approximate surface area is 124 Å². The van der Waals surface area contributed by atoms with Crippen molar-refractivity contribution < 1.29 is 0 Å². The third-order valence-electron chi connectivity index (χ3n) is 4.34. The van der Waals surface area contributed by atoms with Gasteiger partial charge in [0, 0.05) is 6.04 Å². The van der Waals surface area contributed by atoms with Crippen molar-refractivity contribution in [1.82, 2.24) is 15.3 Å². The van der Waals surface area contributed by atoms with Gasteiger partial charge in [-0.1, -0.05) is 36.4 Å². The Bertz CT molecular complexity index is 727. The predicted octanol–water partition coefficient (Wildman–Crippen LogP) is 3.21. The van der Waals surface area contributed by atoms with Crippen molar-refractivity contribution >= 4 is 11.0 Å². The van der Waals surface area contributed by atoms with E-state index in [0.717, 1.165) is 29.8 Å². The minimum atomic E-state index is 0.549. The molecule has 1 atom stereocenters. The highest BCUT2D eigenvalue weighted by Gasteiger charge is 2.17. The lowest BCUT2D eigenvalue weighted by Crippen LogP contribution is -2.34. The fraction of sp³-hybridized carbons (Fsp3) is 0.278. The molecule has 1 unspecified atom stereocenters. The third kappa shape index (κ3) is 2.57. The fourth-order valence-electron chi connectivity index (χ4n) is 3.20. The molecular formula is C18H19N3. The molecule has 4 rings (SSSR count). The van der Waals surface area contributed by atoms with Gasteiger partial charge in [0.25, 0.3) is 0 Å². The van der Waals surface area contributed by atoms with Gasteiger partial charge in [0.1, 0.15) is 5.82 Å². The first kappa shape index (κ1) is 12.6. The highest BCUT2D eigenvalue weighted by atomic mass is 15.0. The van der Waals surface area contributed by atoms with Crippen molar-refractivity contribution in [3.05, 3.63) is 65.5 Å². The molecule has 1 aliphatic carbocycles. The molecule has 0 bridgehead atoms. The van der Waals surface area contributed by atoms with Crippen LogP contribution in [0.4, 0.5) is 0 Å². The minimum Gasteiger partial charge on any atom is -0.341 e. The van der Waals surface area contributed by atoms with Crippen LogP contribution in [0.25, 0.3) is 11.0 Å². The second-order valence-corrected chi connectivity index (χ2v) is 5.79. The second kappa shape index (κ2) is 5.34. The average molecular weight is 277 g/mol. The lowest BCUT2D eigenvalue weighted by Gasteiger charge is -2.25. The van der Waals surface area contributed by atoms with Crippen molar-refractivity contribution in [2.75, 3.05) is 0 Å². The number of hydrogen-bond donors (Lipinski definition) is 2. The number of nitrogens with zero attached hydrogens (tertiary/aromatic N) is 1. The van der Waals surface area contributed by atoms with Crippen molar-refractivity contribution in [3.8, 4) is 0 Å². The van der Waals surface area contributed by atoms with Crippen LogP contribution < -0.4 is 5.32 Å². The largest absolute Gasteiger partial charge is 0.341 e. The van der Waals surface area contributed by atoms with Gasteiger partial charge < -0.3 is 10.3 Å². The molecule has 0 saturated heterocycles. The summed E-state index contributed by atoms with van der Waals surface area (Å²) in [4.78, 5) is 8.00. The standard InChI is InChI=1S/C18H19N3/c1-2-6-14-11-15(10-9-13(14)5-1)19-12-18-20-16-7-3-4-8-17(16)21-18/h1-8,15,19H,9-12H2,(H,20,21). The molecule has 0 radical (unpaired) electrons. The zero-order valence-electron chi connectivity index (χ0n) is 12.0. The van der Waals surface area contributed by atoms with E-state index >= 15 is 0 Å². The average Bonchev–Trinajstić information content (AvgIpc) is 2.95. The van der Waals surface area contributed by atoms with Crippen molar-refractivity contribution in [2.45, 2.75) is 31.8 Å². The number of H-pyrrole nitrogens is 1. The van der Waals surface area contributed by atoms with Gasteiger partial charge >= 0.3 is 0 Å². The van der Waals surface area contributed by atoms with Crippen LogP contribution in [0, 0.1) is 0 Å². The summed E-state index contributed by atoms with van der Waals surface area (Å²) < 4.78 is 0. The number of nitrogens with one attached hydrogen (secondary N) is 2. The Balaban J connectivity index is 1.43. The zero-order chi connectivity index (χ0) is 14.1. The van der Waals surface area contributed by atoms with Crippen LogP contribution in [0.1, 0.15) is 23.4 Å². The Morgan fingerprint density at radius 3 is 2.76 bits per heavy atom. The maximum atomic E-state index is 4.62. The summed E-state index contributed by atoms with van der Waals surface area (Å²) in [5.41, 5.74) is 5.16. The highest BCUT2D eigenvalue weighted by molar-refractivity contribution is 5.74. The summed E-state index contributed by atoms with van der Waals surface area (Å²) in [7, 11) is 0. The minimum absolute atomic E-state index is 0.549. The SMILES string of the molecule is c1ccc2c(c1)CCC(NCc1nc3ccccc3[nH]1)C2. The van der Waals surface area contributed by atoms with Gasteiger partial charge in [-0.3, -0.25) is 0 Å². The van der Waals surface area contributed by atoms with Crippen LogP contribution in [-0.4, -0.2) is 16.0 Å². The third-order valence-corrected chi connectivity index (χ3v) is 4.34. The summed E-state index contributed by atoms with van der Waals surface area (Å²) in [6, 6.07) is 17.5. The van der Waals surface area contributed by atoms with Crippen LogP contribution in [0.5, 0.6) is 0 Å². The Morgan fingerprint density at radius 2 is 1.86 bits per heavy atom. The number of aromatic nitrogens is 2. The molecule has 3 nitrogen and oxygen atoms in total. The number of benzene rings is 2. The maximum Gasteiger partial charge on any atom is 0.121 e. The molecule has 106 valence electrons. The summed E-state index contributed by atoms with van der Waals surface area (Å²) in [5.74, 6) is 1.02. The summed E-state index contributed by atoms with van der Waals surface area (Å²) >= 11 is 0. The molecular weight excluding hydrogens is 258 g/mol. The molecule has 2 N–H and O–H groups in total. The van der Waals surface area contributed by atoms with Crippen LogP contribution in [-0.2, 0) is 19.4 Å². The lowest BCUT2D eigenvalue weighted by atomic mass is 9.88. The van der Waals surface area contributed by atoms with Crippen molar-refractivity contribution in [1.29, 1.82) is 0 Å². The molecule has 1 aromatic heterocycles. The van der Waals surface area contributed by atoms with E-state index < -0.39 is 0 Å². The molecule has 0 spiro atoms. The number of aromatic amines is 1. The monoisotopic (exact) mass is 277 g/mol. The van der Waals surface area contributed by atoms with Gasteiger partial charge in [-0.2, -0.15) is 0 Å². The topological polar surface area (TPSA) is 40.7 Å². The Hall–Kier alpha value is -2.13. The first-order valence-electron chi connectivity index (χ1n) is 7.62. The Morgan fingerprint density at radius 1 is 1.05 bits per heavy atom. The molecule has 3 aromatic rings. The van der Waals surface area contributed by atoms with E-state index in [1.165, 1.54) is 24.0 Å². The van der Waals surface area contributed by atoms with Crippen LogP contribution in [0.3, 0.4) is 0 Å². The van der Waals surface area contributed by atoms with E-state index in [1.807, 2.05) is 18.2 Å². The van der Waals surface area contributed by atoms with E-state index in [1.54, 1.807) is 0 Å². The van der Waals surface area contributed by atoms with E-state index in [0.29, 0.717) is 6.04 Å². The molecule has 0 saturated carbocycles. The summed E-state index contributed by atoms with van der Waals surface area (Å²) in [6.45, 7) is 0.807. The summed E-state index contributed by atoms with van der Waals surface area (Å²) in [5, 5.41) is 3.65. The zero-order valence-corrected chi connectivity index (χ0v) is 12.0. The molecule has 1 heterocycles. The van der Waals surface area contributed by atoms with Crippen LogP contribution in [0.15, 0.2) is 48.5 Å². The number of imidazole rings is 1. The molecule has 0 amide bonds. The smallest absolute Gasteiger partial charge is 0.121 e. The van der Waals surface area contributed by atoms with Gasteiger partial charge in [-0.05, 0) is 42.5 Å². The fourth-order valence-corrected chi connectivity index (χ4v) is 3.20. The van der Waals surface area contributed by atoms with E-state index in [4.69, 9.17) is 0 Å². The van der Waals surface area contributed by atoms with Gasteiger partial charge in [0.05, 0.1) is 17.6 Å². The lowest BCUT2D eigenvalue weighted by molar-refractivity contribution is 0.452. The summed E-state index contributed by atoms with van der Waals surface area (Å²) in [6.07, 6.45) is 3.50. The van der Waals surface area contributed by atoms with Crippen molar-refractivity contribution in [3.63, 3.8) is 0 Å². The number of hydrogen-bond acceptors (Lipinski definition) is 2. The maximum absolute atomic E-state index is 4.62. The molecule has 3 heteroatoms. The van der Waals surface area contributed by atoms with Crippen molar-refractivity contribution in [2.24, 2.45) is 0 Å².